The maximum Gasteiger partial charge on any atom is 0.346 e. The van der Waals surface area contributed by atoms with E-state index in [2.05, 4.69) is 26.1 Å². The van der Waals surface area contributed by atoms with Gasteiger partial charge in [-0.3, -0.25) is 4.40 Å². The lowest BCUT2D eigenvalue weighted by atomic mass is 10.3. The Morgan fingerprint density at radius 1 is 1.54 bits per heavy atom. The highest BCUT2D eigenvalue weighted by atomic mass is 79.9. The second-order valence-corrected chi connectivity index (χ2v) is 3.71. The van der Waals surface area contributed by atoms with Crippen molar-refractivity contribution >= 4 is 21.4 Å². The maximum absolute atomic E-state index is 11.4. The number of fused-ring (bicyclic) bond motifs is 1. The van der Waals surface area contributed by atoms with Gasteiger partial charge in [0, 0.05) is 10.2 Å². The minimum Gasteiger partial charge on any atom is -0.263 e. The quantitative estimate of drug-likeness (QED) is 0.759. The van der Waals surface area contributed by atoms with Gasteiger partial charge >= 0.3 is 5.69 Å². The first-order valence-electron chi connectivity index (χ1n) is 3.83. The van der Waals surface area contributed by atoms with Crippen molar-refractivity contribution in [1.82, 2.24) is 14.6 Å². The van der Waals surface area contributed by atoms with Crippen LogP contribution in [0.25, 0.3) is 5.52 Å². The molecule has 0 aliphatic heterocycles. The van der Waals surface area contributed by atoms with Crippen molar-refractivity contribution in [2.75, 3.05) is 0 Å². The van der Waals surface area contributed by atoms with Crippen LogP contribution in [0.1, 0.15) is 11.3 Å². The summed E-state index contributed by atoms with van der Waals surface area (Å²) in [7, 11) is 0. The van der Waals surface area contributed by atoms with Gasteiger partial charge in [-0.05, 0) is 35.3 Å². The number of halogens is 1. The van der Waals surface area contributed by atoms with E-state index in [0.29, 0.717) is 0 Å². The van der Waals surface area contributed by atoms with Crippen LogP contribution in [0.4, 0.5) is 0 Å². The Kier molecular flexibility index (Phi) is 1.76. The van der Waals surface area contributed by atoms with E-state index in [1.165, 1.54) is 0 Å². The monoisotopic (exact) mass is 241 g/mol. The molecule has 0 radical (unpaired) electrons. The summed E-state index contributed by atoms with van der Waals surface area (Å²) in [6.07, 6.45) is 1.65. The fourth-order valence-electron chi connectivity index (χ4n) is 1.45. The molecule has 0 bridgehead atoms. The number of nitrogens with one attached hydrogen (secondary N) is 1. The van der Waals surface area contributed by atoms with Gasteiger partial charge in [0.05, 0.1) is 11.7 Å². The van der Waals surface area contributed by atoms with Gasteiger partial charge in [-0.1, -0.05) is 0 Å². The molecule has 1 N–H and O–H groups in total. The maximum atomic E-state index is 11.4. The summed E-state index contributed by atoms with van der Waals surface area (Å²) in [6.45, 7) is 3.84. The molecule has 2 heterocycles. The van der Waals surface area contributed by atoms with Crippen molar-refractivity contribution in [3.8, 4) is 0 Å². The highest BCUT2D eigenvalue weighted by molar-refractivity contribution is 9.10. The third-order valence-corrected chi connectivity index (χ3v) is 3.33. The van der Waals surface area contributed by atoms with E-state index in [1.807, 2.05) is 13.8 Å². The zero-order valence-corrected chi connectivity index (χ0v) is 8.84. The first-order valence-corrected chi connectivity index (χ1v) is 4.63. The van der Waals surface area contributed by atoms with Crippen molar-refractivity contribution in [2.45, 2.75) is 13.8 Å². The highest BCUT2D eigenvalue weighted by Crippen LogP contribution is 2.25. The Morgan fingerprint density at radius 3 is 2.85 bits per heavy atom. The molecule has 0 unspecified atom stereocenters. The SMILES string of the molecule is Cc1c(Br)c(C)n2c(=O)[nH]ncc12. The summed E-state index contributed by atoms with van der Waals surface area (Å²) < 4.78 is 2.57. The van der Waals surface area contributed by atoms with Crippen LogP contribution >= 0.6 is 15.9 Å². The number of H-pyrrole nitrogens is 1. The van der Waals surface area contributed by atoms with E-state index < -0.39 is 0 Å². The van der Waals surface area contributed by atoms with Crippen LogP contribution in [-0.2, 0) is 0 Å². The van der Waals surface area contributed by atoms with E-state index in [4.69, 9.17) is 0 Å². The predicted molar refractivity (Wildman–Crippen MR) is 53.0 cm³/mol. The number of rotatable bonds is 0. The summed E-state index contributed by atoms with van der Waals surface area (Å²) >= 11 is 3.43. The highest BCUT2D eigenvalue weighted by Gasteiger charge is 2.11. The second-order valence-electron chi connectivity index (χ2n) is 2.92. The average Bonchev–Trinajstić information content (AvgIpc) is 2.33. The Morgan fingerprint density at radius 2 is 2.23 bits per heavy atom. The lowest BCUT2D eigenvalue weighted by Crippen LogP contribution is -2.17. The molecule has 0 aromatic carbocycles. The van der Waals surface area contributed by atoms with Crippen LogP contribution in [-0.4, -0.2) is 14.6 Å². The van der Waals surface area contributed by atoms with E-state index >= 15 is 0 Å². The standard InChI is InChI=1S/C8H8BrN3O/c1-4-6-3-10-11-8(13)12(6)5(2)7(4)9/h3H,1-2H3,(H,11,13). The zero-order valence-electron chi connectivity index (χ0n) is 7.26. The molecule has 2 aromatic heterocycles. The van der Waals surface area contributed by atoms with Crippen molar-refractivity contribution in [3.63, 3.8) is 0 Å². The summed E-state index contributed by atoms with van der Waals surface area (Å²) in [6, 6.07) is 0. The Bertz CT molecular complexity index is 526. The molecule has 0 saturated carbocycles. The number of nitrogens with zero attached hydrogens (tertiary/aromatic N) is 2. The zero-order chi connectivity index (χ0) is 9.59. The fourth-order valence-corrected chi connectivity index (χ4v) is 1.83. The van der Waals surface area contributed by atoms with Crippen molar-refractivity contribution in [3.05, 3.63) is 32.4 Å². The van der Waals surface area contributed by atoms with Crippen LogP contribution in [0.3, 0.4) is 0 Å². The van der Waals surface area contributed by atoms with E-state index in [0.717, 1.165) is 21.2 Å². The minimum absolute atomic E-state index is 0.205. The van der Waals surface area contributed by atoms with Crippen LogP contribution in [0.2, 0.25) is 0 Å². The summed E-state index contributed by atoms with van der Waals surface area (Å²) in [4.78, 5) is 11.4. The molecule has 68 valence electrons. The number of aromatic amines is 1. The lowest BCUT2D eigenvalue weighted by molar-refractivity contribution is 0.871. The fraction of sp³-hybridized carbons (Fsp3) is 0.250. The van der Waals surface area contributed by atoms with Gasteiger partial charge in [0.15, 0.2) is 0 Å². The van der Waals surface area contributed by atoms with Gasteiger partial charge in [0.2, 0.25) is 0 Å². The molecule has 5 heteroatoms. The van der Waals surface area contributed by atoms with Gasteiger partial charge < -0.3 is 0 Å². The van der Waals surface area contributed by atoms with Crippen LogP contribution < -0.4 is 5.69 Å². The molecular weight excluding hydrogens is 234 g/mol. The number of hydrogen-bond donors (Lipinski definition) is 1. The molecule has 2 aromatic rings. The predicted octanol–water partition coefficient (Wildman–Crippen LogP) is 1.40. The number of aryl methyl sites for hydroxylation is 2. The van der Waals surface area contributed by atoms with Crippen LogP contribution in [0, 0.1) is 13.8 Å². The largest absolute Gasteiger partial charge is 0.346 e. The topological polar surface area (TPSA) is 50.2 Å². The van der Waals surface area contributed by atoms with Gasteiger partial charge in [0.1, 0.15) is 0 Å². The summed E-state index contributed by atoms with van der Waals surface area (Å²) in [5.41, 5.74) is 2.57. The minimum atomic E-state index is -0.205. The molecule has 0 atom stereocenters. The third kappa shape index (κ3) is 1.03. The van der Waals surface area contributed by atoms with Gasteiger partial charge in [-0.15, -0.1) is 0 Å². The van der Waals surface area contributed by atoms with Gasteiger partial charge in [-0.2, -0.15) is 5.10 Å². The third-order valence-electron chi connectivity index (χ3n) is 2.16. The lowest BCUT2D eigenvalue weighted by Gasteiger charge is -1.93. The molecule has 0 aliphatic carbocycles. The van der Waals surface area contributed by atoms with Crippen LogP contribution in [0.5, 0.6) is 0 Å². The molecule has 4 nitrogen and oxygen atoms in total. The molecule has 0 aliphatic rings. The van der Waals surface area contributed by atoms with Crippen molar-refractivity contribution in [1.29, 1.82) is 0 Å². The van der Waals surface area contributed by atoms with E-state index in [9.17, 15) is 4.79 Å². The normalized spacial score (nSPS) is 11.0. The average molecular weight is 242 g/mol. The van der Waals surface area contributed by atoms with E-state index in [-0.39, 0.29) is 5.69 Å². The van der Waals surface area contributed by atoms with Crippen molar-refractivity contribution < 1.29 is 0 Å². The summed E-state index contributed by atoms with van der Waals surface area (Å²) in [5, 5.41) is 6.14. The van der Waals surface area contributed by atoms with Crippen molar-refractivity contribution in [2.24, 2.45) is 0 Å². The molecular formula is C8H8BrN3O. The molecule has 0 saturated heterocycles. The number of aromatic nitrogens is 3. The molecule has 2 rings (SSSR count). The number of hydrogen-bond acceptors (Lipinski definition) is 2. The first kappa shape index (κ1) is 8.50. The molecule has 0 fully saturated rings. The molecule has 0 amide bonds. The Hall–Kier alpha value is -1.10. The Balaban J connectivity index is 3.12. The molecule has 0 spiro atoms. The van der Waals surface area contributed by atoms with Gasteiger partial charge in [-0.25, -0.2) is 9.89 Å². The van der Waals surface area contributed by atoms with Crippen LogP contribution in [0.15, 0.2) is 15.5 Å². The van der Waals surface area contributed by atoms with Gasteiger partial charge in [0.25, 0.3) is 0 Å². The first-order chi connectivity index (χ1) is 6.13. The smallest absolute Gasteiger partial charge is 0.263 e. The Labute approximate surface area is 82.7 Å². The molecule has 13 heavy (non-hydrogen) atoms. The van der Waals surface area contributed by atoms with E-state index in [1.54, 1.807) is 10.6 Å². The second kappa shape index (κ2) is 2.70. The summed E-state index contributed by atoms with van der Waals surface area (Å²) in [5.74, 6) is 0.